The van der Waals surface area contributed by atoms with Crippen LogP contribution in [-0.2, 0) is 24.8 Å². The number of carbonyl (C=O) groups excluding carboxylic acids is 4. The third-order valence-electron chi connectivity index (χ3n) is 13.0. The van der Waals surface area contributed by atoms with E-state index in [0.29, 0.717) is 97.8 Å². The Hall–Kier alpha value is -7.07. The molecule has 70 heavy (non-hydrogen) atoms. The maximum atomic E-state index is 13.5. The molecule has 3 aliphatic heterocycles. The molecule has 8 rings (SSSR count). The lowest BCUT2D eigenvalue weighted by Crippen LogP contribution is -2.41. The van der Waals surface area contributed by atoms with Gasteiger partial charge in [0, 0.05) is 56.0 Å². The number of hydrogen-bond acceptors (Lipinski definition) is 10. The molecular weight excluding hydrogens is 931 g/mol. The molecule has 3 fully saturated rings. The van der Waals surface area contributed by atoms with Crippen LogP contribution < -0.4 is 15.2 Å². The van der Waals surface area contributed by atoms with Crippen LogP contribution in [0.25, 0.3) is 0 Å². The third-order valence-corrected chi connectivity index (χ3v) is 15.0. The van der Waals surface area contributed by atoms with Crippen molar-refractivity contribution in [2.45, 2.75) is 56.3 Å². The first kappa shape index (κ1) is 50.8. The number of ether oxygens (including phenoxy) is 1. The summed E-state index contributed by atoms with van der Waals surface area (Å²) in [6.45, 7) is 7.55. The summed E-state index contributed by atoms with van der Waals surface area (Å²) in [7, 11) is -7.55. The van der Waals surface area contributed by atoms with Crippen molar-refractivity contribution in [3.63, 3.8) is 0 Å². The molecule has 0 atom stereocenters. The topological polar surface area (TPSA) is 229 Å². The van der Waals surface area contributed by atoms with Crippen LogP contribution >= 0.6 is 0 Å². The van der Waals surface area contributed by atoms with Gasteiger partial charge < -0.3 is 25.2 Å². The van der Waals surface area contributed by atoms with Gasteiger partial charge in [-0.1, -0.05) is 48.5 Å². The quantitative estimate of drug-likeness (QED) is 0.128. The number of nitriles is 1. The number of nitrogens with one attached hydrogen (secondary N) is 2. The standard InChI is InChI=1S/C31H32N4O5S.C21H25N3O4S/c1-22-6-9-26(30(36)34-14-12-25(13-15-34)24-10-7-23(21-32)8-11-24)20-28(22)33-41(38,39)29-5-3-2-4-27(29)31(37)35-16-18-40-19-17-35;1-14-3-4-18(13-19(14)23-29(2,27)28)21(26)24-11-9-16(10-12-24)15-5-7-17(8-6-15)20(22)25/h2-11,20,25,33H,12-19H2,1H3;3-8,13,16,23H,9-12H2,1-2H3,(H2,22,25). The number of morpholine rings is 1. The molecule has 0 saturated carbocycles. The van der Waals surface area contributed by atoms with E-state index in [1.807, 2.05) is 36.4 Å². The Balaban J connectivity index is 0.000000219. The number of nitrogens with two attached hydrogens (primary N) is 1. The maximum absolute atomic E-state index is 13.5. The second-order valence-corrected chi connectivity index (χ2v) is 21.2. The second-order valence-electron chi connectivity index (χ2n) is 17.8. The van der Waals surface area contributed by atoms with Crippen LogP contribution in [0, 0.1) is 25.2 Å². The molecule has 16 nitrogen and oxygen atoms in total. The van der Waals surface area contributed by atoms with E-state index in [9.17, 15) is 36.0 Å². The number of benzene rings is 5. The van der Waals surface area contributed by atoms with Crippen molar-refractivity contribution in [3.05, 3.63) is 159 Å². The maximum Gasteiger partial charge on any atom is 0.262 e. The Morgan fingerprint density at radius 3 is 1.51 bits per heavy atom. The van der Waals surface area contributed by atoms with E-state index in [1.165, 1.54) is 12.1 Å². The number of rotatable bonds is 11. The molecule has 5 aromatic carbocycles. The summed E-state index contributed by atoms with van der Waals surface area (Å²) in [5.74, 6) is -0.441. The summed E-state index contributed by atoms with van der Waals surface area (Å²) in [4.78, 5) is 55.7. The number of piperidine rings is 2. The fourth-order valence-electron chi connectivity index (χ4n) is 8.89. The van der Waals surface area contributed by atoms with Gasteiger partial charge in [-0.15, -0.1) is 0 Å². The lowest BCUT2D eigenvalue weighted by atomic mass is 9.88. The molecule has 4 N–H and O–H groups in total. The summed E-state index contributed by atoms with van der Waals surface area (Å²) >= 11 is 0. The monoisotopic (exact) mass is 987 g/mol. The fraction of sp³-hybridized carbons (Fsp3) is 0.327. The number of hydrogen-bond donors (Lipinski definition) is 3. The largest absolute Gasteiger partial charge is 0.378 e. The number of likely N-dealkylation sites (tertiary alicyclic amines) is 2. The van der Waals surface area contributed by atoms with Gasteiger partial charge in [0.2, 0.25) is 15.9 Å². The minimum absolute atomic E-state index is 0.0944. The van der Waals surface area contributed by atoms with Crippen LogP contribution in [0.2, 0.25) is 0 Å². The Morgan fingerprint density at radius 2 is 1.04 bits per heavy atom. The molecule has 3 aliphatic rings. The average molecular weight is 988 g/mol. The third kappa shape index (κ3) is 12.6. The Bertz CT molecular complexity index is 3010. The molecule has 3 heterocycles. The number of nitrogens with zero attached hydrogens (tertiary/aromatic N) is 4. The van der Waals surface area contributed by atoms with E-state index >= 15 is 0 Å². The molecule has 0 aromatic heterocycles. The fourth-order valence-corrected chi connectivity index (χ4v) is 10.8. The van der Waals surface area contributed by atoms with Crippen molar-refractivity contribution in [3.8, 4) is 6.07 Å². The normalized spacial score (nSPS) is 15.8. The Labute approximate surface area is 409 Å². The van der Waals surface area contributed by atoms with Crippen LogP contribution in [0.5, 0.6) is 0 Å². The van der Waals surface area contributed by atoms with Gasteiger partial charge in [0.25, 0.3) is 27.7 Å². The van der Waals surface area contributed by atoms with Gasteiger partial charge in [0.05, 0.1) is 48.0 Å². The molecular formula is C52H57N7O9S2. The number of primary amides is 1. The zero-order valence-corrected chi connectivity index (χ0v) is 41.0. The molecule has 0 spiro atoms. The second kappa shape index (κ2) is 22.1. The summed E-state index contributed by atoms with van der Waals surface area (Å²) in [5.41, 5.74) is 11.8. The van der Waals surface area contributed by atoms with Gasteiger partial charge in [-0.05, 0) is 134 Å². The van der Waals surface area contributed by atoms with Crippen LogP contribution in [0.4, 0.5) is 11.4 Å². The zero-order chi connectivity index (χ0) is 50.2. The van der Waals surface area contributed by atoms with E-state index < -0.39 is 26.0 Å². The first-order valence-corrected chi connectivity index (χ1v) is 26.4. The van der Waals surface area contributed by atoms with Gasteiger partial charge >= 0.3 is 0 Å². The van der Waals surface area contributed by atoms with E-state index in [4.69, 9.17) is 15.7 Å². The Morgan fingerprint density at radius 1 is 0.600 bits per heavy atom. The number of sulfonamides is 2. The predicted molar refractivity (Wildman–Crippen MR) is 267 cm³/mol. The summed E-state index contributed by atoms with van der Waals surface area (Å²) in [5, 5.41) is 9.03. The van der Waals surface area contributed by atoms with Crippen LogP contribution in [0.1, 0.15) is 107 Å². The SMILES string of the molecule is Cc1ccc(C(=O)N2CCC(c3ccc(C#N)cc3)CC2)cc1NS(=O)(=O)c1ccccc1C(=O)N1CCOCC1.Cc1ccc(C(=O)N2CCC(c3ccc(C(N)=O)cc3)CC2)cc1NS(C)(=O)=O. The van der Waals surface area contributed by atoms with E-state index in [1.54, 1.807) is 89.2 Å². The zero-order valence-electron chi connectivity index (χ0n) is 39.4. The highest BCUT2D eigenvalue weighted by atomic mass is 32.2. The number of amides is 4. The summed E-state index contributed by atoms with van der Waals surface area (Å²) in [6.07, 6.45) is 4.33. The number of aryl methyl sites for hydroxylation is 2. The first-order valence-electron chi connectivity index (χ1n) is 23.1. The van der Waals surface area contributed by atoms with Crippen LogP contribution in [0.15, 0.2) is 114 Å². The lowest BCUT2D eigenvalue weighted by Gasteiger charge is -2.32. The van der Waals surface area contributed by atoms with Gasteiger partial charge in [-0.2, -0.15) is 5.26 Å². The molecule has 18 heteroatoms. The molecule has 0 aliphatic carbocycles. The number of anilines is 2. The molecule has 366 valence electrons. The minimum Gasteiger partial charge on any atom is -0.378 e. The van der Waals surface area contributed by atoms with Crippen molar-refractivity contribution in [1.82, 2.24) is 14.7 Å². The summed E-state index contributed by atoms with van der Waals surface area (Å²) < 4.78 is 60.5. The van der Waals surface area contributed by atoms with Gasteiger partial charge in [-0.25, -0.2) is 16.8 Å². The molecule has 4 amide bonds. The molecule has 0 bridgehead atoms. The average Bonchev–Trinajstić information content (AvgIpc) is 3.37. The van der Waals surface area contributed by atoms with E-state index in [0.717, 1.165) is 48.6 Å². The van der Waals surface area contributed by atoms with Crippen LogP contribution in [-0.4, -0.2) is 114 Å². The van der Waals surface area contributed by atoms with Gasteiger partial charge in [0.1, 0.15) is 4.90 Å². The molecule has 0 unspecified atom stereocenters. The molecule has 3 saturated heterocycles. The van der Waals surface area contributed by atoms with Gasteiger partial charge in [0.15, 0.2) is 0 Å². The van der Waals surface area contributed by atoms with Crippen molar-refractivity contribution < 1.29 is 40.8 Å². The van der Waals surface area contributed by atoms with Crippen molar-refractivity contribution in [2.75, 3.05) is 68.2 Å². The first-order chi connectivity index (χ1) is 33.4. The summed E-state index contributed by atoms with van der Waals surface area (Å²) in [6, 6.07) is 33.2. The Kier molecular flexibility index (Phi) is 16.1. The van der Waals surface area contributed by atoms with Crippen LogP contribution in [0.3, 0.4) is 0 Å². The van der Waals surface area contributed by atoms with Crippen molar-refractivity contribution >= 4 is 55.1 Å². The predicted octanol–water partition coefficient (Wildman–Crippen LogP) is 6.64. The lowest BCUT2D eigenvalue weighted by molar-refractivity contribution is 0.0300. The highest BCUT2D eigenvalue weighted by Gasteiger charge is 2.29. The minimum atomic E-state index is -4.13. The van der Waals surface area contributed by atoms with Gasteiger partial charge in [-0.3, -0.25) is 28.6 Å². The highest BCUT2D eigenvalue weighted by Crippen LogP contribution is 2.32. The smallest absolute Gasteiger partial charge is 0.262 e. The molecule has 5 aromatic rings. The van der Waals surface area contributed by atoms with Crippen molar-refractivity contribution in [1.29, 1.82) is 5.26 Å². The van der Waals surface area contributed by atoms with E-state index in [2.05, 4.69) is 15.5 Å². The van der Waals surface area contributed by atoms with Crippen molar-refractivity contribution in [2.24, 2.45) is 5.73 Å². The number of carbonyl (C=O) groups is 4. The van der Waals surface area contributed by atoms with E-state index in [-0.39, 0.29) is 33.9 Å². The molecule has 0 radical (unpaired) electrons. The highest BCUT2D eigenvalue weighted by molar-refractivity contribution is 7.93.